The maximum atomic E-state index is 5.89. The molecule has 0 aromatic rings. The van der Waals surface area contributed by atoms with Gasteiger partial charge in [0.2, 0.25) is 0 Å². The Morgan fingerprint density at radius 1 is 0.833 bits per heavy atom. The number of ether oxygens (including phenoxy) is 5. The molecule has 18 heavy (non-hydrogen) atoms. The van der Waals surface area contributed by atoms with Gasteiger partial charge in [0.15, 0.2) is 17.9 Å². The molecule has 0 N–H and O–H groups in total. The van der Waals surface area contributed by atoms with Crippen molar-refractivity contribution in [3.8, 4) is 12.3 Å². The van der Waals surface area contributed by atoms with Gasteiger partial charge in [0.1, 0.15) is 24.4 Å². The average molecular weight is 254 g/mol. The van der Waals surface area contributed by atoms with Gasteiger partial charge in [-0.1, -0.05) is 5.92 Å². The van der Waals surface area contributed by atoms with E-state index in [1.165, 1.54) is 0 Å². The quantitative estimate of drug-likeness (QED) is 0.604. The van der Waals surface area contributed by atoms with E-state index in [1.54, 1.807) is 0 Å². The Kier molecular flexibility index (Phi) is 2.54. The smallest absolute Gasteiger partial charge is 0.191 e. The second kappa shape index (κ2) is 3.69. The van der Waals surface area contributed by atoms with E-state index in [-0.39, 0.29) is 18.3 Å². The molecular weight excluding hydrogens is 236 g/mol. The van der Waals surface area contributed by atoms with Crippen LogP contribution in [-0.2, 0) is 23.7 Å². The summed E-state index contributed by atoms with van der Waals surface area (Å²) in [7, 11) is 0. The van der Waals surface area contributed by atoms with E-state index < -0.39 is 24.0 Å². The van der Waals surface area contributed by atoms with E-state index in [1.807, 2.05) is 27.7 Å². The van der Waals surface area contributed by atoms with Crippen molar-refractivity contribution in [1.82, 2.24) is 0 Å². The molecule has 5 heteroatoms. The Morgan fingerprint density at radius 3 is 2.06 bits per heavy atom. The topological polar surface area (TPSA) is 46.2 Å². The average Bonchev–Trinajstić information content (AvgIpc) is 2.71. The molecule has 3 fully saturated rings. The molecule has 0 bridgehead atoms. The zero-order valence-electron chi connectivity index (χ0n) is 11.0. The summed E-state index contributed by atoms with van der Waals surface area (Å²) in [6.07, 6.45) is 3.63. The molecule has 3 rings (SSSR count). The van der Waals surface area contributed by atoms with Crippen LogP contribution in [0.2, 0.25) is 0 Å². The van der Waals surface area contributed by atoms with Crippen molar-refractivity contribution < 1.29 is 23.7 Å². The minimum atomic E-state index is -0.695. The Labute approximate surface area is 107 Å². The fourth-order valence-corrected chi connectivity index (χ4v) is 2.75. The van der Waals surface area contributed by atoms with Crippen molar-refractivity contribution in [3.63, 3.8) is 0 Å². The van der Waals surface area contributed by atoms with Gasteiger partial charge in [0.05, 0.1) is 0 Å². The summed E-state index contributed by atoms with van der Waals surface area (Å²) >= 11 is 0. The largest absolute Gasteiger partial charge is 0.341 e. The van der Waals surface area contributed by atoms with Gasteiger partial charge in [0, 0.05) is 0 Å². The molecule has 0 spiro atoms. The van der Waals surface area contributed by atoms with Gasteiger partial charge in [-0.2, -0.15) is 0 Å². The third kappa shape index (κ3) is 1.85. The molecule has 0 saturated carbocycles. The number of terminal acetylenes is 1. The highest BCUT2D eigenvalue weighted by atomic mass is 16.9. The Bertz CT molecular complexity index is 397. The molecule has 0 aromatic heterocycles. The zero-order valence-corrected chi connectivity index (χ0v) is 11.0. The molecule has 3 aliphatic rings. The van der Waals surface area contributed by atoms with Crippen LogP contribution in [0.25, 0.3) is 0 Å². The summed E-state index contributed by atoms with van der Waals surface area (Å²) < 4.78 is 28.9. The molecule has 0 radical (unpaired) electrons. The van der Waals surface area contributed by atoms with Gasteiger partial charge < -0.3 is 23.7 Å². The van der Waals surface area contributed by atoms with E-state index in [0.717, 1.165) is 0 Å². The number of hydrogen-bond donors (Lipinski definition) is 0. The van der Waals surface area contributed by atoms with E-state index in [0.29, 0.717) is 0 Å². The summed E-state index contributed by atoms with van der Waals surface area (Å²) in [6, 6.07) is 0. The zero-order chi connectivity index (χ0) is 13.1. The Balaban J connectivity index is 1.89. The lowest BCUT2D eigenvalue weighted by atomic mass is 9.99. The maximum absolute atomic E-state index is 5.89. The Morgan fingerprint density at radius 2 is 1.39 bits per heavy atom. The SMILES string of the molecule is C#CC1OC2OC(C)(C)O[C@H]2C2OC(C)(C)O[C@H]12. The maximum Gasteiger partial charge on any atom is 0.191 e. The van der Waals surface area contributed by atoms with Crippen LogP contribution < -0.4 is 0 Å². The van der Waals surface area contributed by atoms with Crippen LogP contribution in [-0.4, -0.2) is 42.3 Å². The fourth-order valence-electron chi connectivity index (χ4n) is 2.75. The van der Waals surface area contributed by atoms with Crippen LogP contribution >= 0.6 is 0 Å². The highest BCUT2D eigenvalue weighted by Crippen LogP contribution is 2.43. The molecule has 5 nitrogen and oxygen atoms in total. The van der Waals surface area contributed by atoms with Crippen molar-refractivity contribution in [2.75, 3.05) is 0 Å². The second-order valence-electron chi connectivity index (χ2n) is 5.76. The first-order valence-electron chi connectivity index (χ1n) is 6.14. The summed E-state index contributed by atoms with van der Waals surface area (Å²) in [5, 5.41) is 0. The summed E-state index contributed by atoms with van der Waals surface area (Å²) in [6.45, 7) is 7.40. The van der Waals surface area contributed by atoms with Gasteiger partial charge >= 0.3 is 0 Å². The number of rotatable bonds is 0. The van der Waals surface area contributed by atoms with Crippen LogP contribution in [0.1, 0.15) is 27.7 Å². The molecule has 3 unspecified atom stereocenters. The Hall–Kier alpha value is -0.640. The third-order valence-electron chi connectivity index (χ3n) is 3.32. The van der Waals surface area contributed by atoms with Gasteiger partial charge in [-0.05, 0) is 27.7 Å². The molecular formula is C13H18O5. The molecule has 0 aliphatic carbocycles. The first kappa shape index (κ1) is 12.4. The molecule has 3 saturated heterocycles. The number of fused-ring (bicyclic) bond motifs is 3. The molecule has 5 atom stereocenters. The van der Waals surface area contributed by atoms with Crippen LogP contribution in [0.15, 0.2) is 0 Å². The van der Waals surface area contributed by atoms with Crippen molar-refractivity contribution in [2.24, 2.45) is 0 Å². The van der Waals surface area contributed by atoms with Crippen molar-refractivity contribution >= 4 is 0 Å². The molecule has 100 valence electrons. The van der Waals surface area contributed by atoms with E-state index in [4.69, 9.17) is 30.1 Å². The van der Waals surface area contributed by atoms with Gasteiger partial charge in [0.25, 0.3) is 0 Å². The number of hydrogen-bond acceptors (Lipinski definition) is 5. The van der Waals surface area contributed by atoms with Crippen LogP contribution in [0.5, 0.6) is 0 Å². The minimum absolute atomic E-state index is 0.262. The standard InChI is InChI=1S/C13H18O5/c1-6-7-8-9(16-12(2,3)15-8)10-11(14-7)18-13(4,5)17-10/h1,7-11H,2-5H3/t7?,8-,9?,10+,11?/m1/s1. The summed E-state index contributed by atoms with van der Waals surface area (Å²) in [5.74, 6) is 1.21. The van der Waals surface area contributed by atoms with Crippen molar-refractivity contribution in [1.29, 1.82) is 0 Å². The van der Waals surface area contributed by atoms with Gasteiger partial charge in [-0.25, -0.2) is 0 Å². The van der Waals surface area contributed by atoms with E-state index >= 15 is 0 Å². The highest BCUT2D eigenvalue weighted by molar-refractivity contribution is 5.10. The normalized spacial score (nSPS) is 48.3. The first-order chi connectivity index (χ1) is 8.31. The highest BCUT2D eigenvalue weighted by Gasteiger charge is 2.60. The summed E-state index contributed by atoms with van der Waals surface area (Å²) in [5.41, 5.74) is 0. The fraction of sp³-hybridized carbons (Fsp3) is 0.846. The third-order valence-corrected chi connectivity index (χ3v) is 3.32. The van der Waals surface area contributed by atoms with Gasteiger partial charge in [-0.15, -0.1) is 6.42 Å². The predicted octanol–water partition coefficient (Wildman–Crippen LogP) is 1.02. The first-order valence-corrected chi connectivity index (χ1v) is 6.14. The minimum Gasteiger partial charge on any atom is -0.341 e. The molecule has 3 aliphatic heterocycles. The molecule has 3 heterocycles. The van der Waals surface area contributed by atoms with Gasteiger partial charge in [-0.3, -0.25) is 0 Å². The lowest BCUT2D eigenvalue weighted by Gasteiger charge is -2.34. The lowest BCUT2D eigenvalue weighted by Crippen LogP contribution is -2.54. The monoisotopic (exact) mass is 254 g/mol. The van der Waals surface area contributed by atoms with Crippen LogP contribution in [0.4, 0.5) is 0 Å². The van der Waals surface area contributed by atoms with E-state index in [2.05, 4.69) is 5.92 Å². The van der Waals surface area contributed by atoms with Crippen molar-refractivity contribution in [2.45, 2.75) is 70.0 Å². The lowest BCUT2D eigenvalue weighted by molar-refractivity contribution is -0.220. The second-order valence-corrected chi connectivity index (χ2v) is 5.76. The van der Waals surface area contributed by atoms with Crippen LogP contribution in [0.3, 0.4) is 0 Å². The van der Waals surface area contributed by atoms with Crippen molar-refractivity contribution in [3.05, 3.63) is 0 Å². The molecule has 0 amide bonds. The predicted molar refractivity (Wildman–Crippen MR) is 61.4 cm³/mol. The summed E-state index contributed by atoms with van der Waals surface area (Å²) in [4.78, 5) is 0. The van der Waals surface area contributed by atoms with Crippen LogP contribution in [0, 0.1) is 12.3 Å². The van der Waals surface area contributed by atoms with E-state index in [9.17, 15) is 0 Å². The molecule has 0 aromatic carbocycles.